The monoisotopic (exact) mass is 332 g/mol. The van der Waals surface area contributed by atoms with Crippen LogP contribution in [-0.4, -0.2) is 46.4 Å². The van der Waals surface area contributed by atoms with E-state index in [2.05, 4.69) is 23.2 Å². The van der Waals surface area contributed by atoms with Crippen LogP contribution in [-0.2, 0) is 6.54 Å². The van der Waals surface area contributed by atoms with Crippen molar-refractivity contribution < 1.29 is 10.2 Å². The average molecular weight is 332 g/mol. The molecule has 1 saturated carbocycles. The highest BCUT2D eigenvalue weighted by Crippen LogP contribution is 2.26. The van der Waals surface area contributed by atoms with Gasteiger partial charge in [-0.1, -0.05) is 18.9 Å². The Balaban J connectivity index is 1.48. The van der Waals surface area contributed by atoms with E-state index in [4.69, 9.17) is 0 Å². The minimum Gasteiger partial charge on any atom is -0.508 e. The molecule has 24 heavy (non-hydrogen) atoms. The molecule has 3 rings (SSSR count). The predicted molar refractivity (Wildman–Crippen MR) is 97.3 cm³/mol. The summed E-state index contributed by atoms with van der Waals surface area (Å²) in [4.78, 5) is 2.50. The molecular weight excluding hydrogens is 300 g/mol. The summed E-state index contributed by atoms with van der Waals surface area (Å²) in [5, 5.41) is 24.0. The molecule has 2 aliphatic rings. The van der Waals surface area contributed by atoms with Crippen LogP contribution in [0.3, 0.4) is 0 Å². The molecule has 0 aromatic heterocycles. The van der Waals surface area contributed by atoms with Gasteiger partial charge in [-0.3, -0.25) is 4.90 Å². The third-order valence-corrected chi connectivity index (χ3v) is 5.97. The van der Waals surface area contributed by atoms with Crippen molar-refractivity contribution in [1.82, 2.24) is 10.2 Å². The van der Waals surface area contributed by atoms with Gasteiger partial charge < -0.3 is 15.5 Å². The lowest BCUT2D eigenvalue weighted by Gasteiger charge is -2.41. The standard InChI is InChI=1S/C20H32N2O2/c1-14-11-16(20(24)12-15(14)2)13-21-17-7-9-22(10-8-17)18-5-3-4-6-19(18)23/h11-12,17-19,21,23-24H,3-10,13H2,1-2H3. The van der Waals surface area contributed by atoms with Crippen molar-refractivity contribution in [3.05, 3.63) is 28.8 Å². The van der Waals surface area contributed by atoms with E-state index < -0.39 is 0 Å². The average Bonchev–Trinajstić information content (AvgIpc) is 2.58. The molecule has 1 aliphatic heterocycles. The van der Waals surface area contributed by atoms with Gasteiger partial charge in [-0.25, -0.2) is 0 Å². The lowest BCUT2D eigenvalue weighted by Crippen LogP contribution is -2.51. The van der Waals surface area contributed by atoms with E-state index in [1.807, 2.05) is 13.0 Å². The van der Waals surface area contributed by atoms with Crippen molar-refractivity contribution >= 4 is 0 Å². The van der Waals surface area contributed by atoms with Crippen LogP contribution in [0.25, 0.3) is 0 Å². The summed E-state index contributed by atoms with van der Waals surface area (Å²) in [7, 11) is 0. The van der Waals surface area contributed by atoms with Crippen molar-refractivity contribution in [3.63, 3.8) is 0 Å². The van der Waals surface area contributed by atoms with Crippen molar-refractivity contribution in [2.75, 3.05) is 13.1 Å². The molecule has 2 unspecified atom stereocenters. The van der Waals surface area contributed by atoms with Crippen LogP contribution in [0.2, 0.25) is 0 Å². The number of rotatable bonds is 4. The van der Waals surface area contributed by atoms with Crippen LogP contribution in [0.15, 0.2) is 12.1 Å². The summed E-state index contributed by atoms with van der Waals surface area (Å²) >= 11 is 0. The fraction of sp³-hybridized carbons (Fsp3) is 0.700. The Labute approximate surface area is 145 Å². The predicted octanol–water partition coefficient (Wildman–Crippen LogP) is 2.87. The molecule has 1 heterocycles. The van der Waals surface area contributed by atoms with Crippen molar-refractivity contribution in [2.45, 2.75) is 77.1 Å². The van der Waals surface area contributed by atoms with Gasteiger partial charge in [0.05, 0.1) is 6.10 Å². The molecule has 4 nitrogen and oxygen atoms in total. The van der Waals surface area contributed by atoms with Crippen molar-refractivity contribution in [1.29, 1.82) is 0 Å². The fourth-order valence-corrected chi connectivity index (χ4v) is 4.21. The number of nitrogens with zero attached hydrogens (tertiary/aromatic N) is 1. The maximum absolute atomic E-state index is 10.2. The summed E-state index contributed by atoms with van der Waals surface area (Å²) in [5.41, 5.74) is 3.35. The van der Waals surface area contributed by atoms with Crippen LogP contribution in [0.4, 0.5) is 0 Å². The van der Waals surface area contributed by atoms with Gasteiger partial charge in [-0.15, -0.1) is 0 Å². The molecule has 1 aromatic rings. The van der Waals surface area contributed by atoms with E-state index in [0.29, 0.717) is 17.8 Å². The molecular formula is C20H32N2O2. The van der Waals surface area contributed by atoms with Crippen molar-refractivity contribution in [3.8, 4) is 5.75 Å². The highest BCUT2D eigenvalue weighted by Gasteiger charge is 2.31. The molecule has 1 saturated heterocycles. The first-order valence-corrected chi connectivity index (χ1v) is 9.49. The molecule has 4 heteroatoms. The Morgan fingerprint density at radius 2 is 1.71 bits per heavy atom. The summed E-state index contributed by atoms with van der Waals surface area (Å²) in [6.07, 6.45) is 6.66. The third kappa shape index (κ3) is 4.11. The number of benzene rings is 1. The Morgan fingerprint density at radius 1 is 1.04 bits per heavy atom. The van der Waals surface area contributed by atoms with Gasteiger partial charge in [0.15, 0.2) is 0 Å². The van der Waals surface area contributed by atoms with Crippen LogP contribution in [0, 0.1) is 13.8 Å². The molecule has 0 spiro atoms. The Kier molecular flexibility index (Phi) is 5.80. The van der Waals surface area contributed by atoms with Crippen molar-refractivity contribution in [2.24, 2.45) is 0 Å². The molecule has 134 valence electrons. The topological polar surface area (TPSA) is 55.7 Å². The van der Waals surface area contributed by atoms with Gasteiger partial charge in [-0.05, 0) is 56.7 Å². The Morgan fingerprint density at radius 3 is 2.42 bits per heavy atom. The van der Waals surface area contributed by atoms with E-state index in [1.165, 1.54) is 18.4 Å². The number of aromatic hydroxyl groups is 1. The number of likely N-dealkylation sites (tertiary alicyclic amines) is 1. The minimum absolute atomic E-state index is 0.129. The first-order chi connectivity index (χ1) is 11.5. The molecule has 3 N–H and O–H groups in total. The second-order valence-electron chi connectivity index (χ2n) is 7.68. The van der Waals surface area contributed by atoms with E-state index in [9.17, 15) is 10.2 Å². The van der Waals surface area contributed by atoms with E-state index in [-0.39, 0.29) is 6.10 Å². The van der Waals surface area contributed by atoms with Crippen LogP contribution in [0.5, 0.6) is 5.75 Å². The number of aliphatic hydroxyl groups excluding tert-OH is 1. The van der Waals surface area contributed by atoms with Gasteiger partial charge in [0.2, 0.25) is 0 Å². The lowest BCUT2D eigenvalue weighted by atomic mass is 9.89. The first kappa shape index (κ1) is 17.7. The largest absolute Gasteiger partial charge is 0.508 e. The zero-order valence-corrected chi connectivity index (χ0v) is 15.1. The first-order valence-electron chi connectivity index (χ1n) is 9.49. The van der Waals surface area contributed by atoms with Gasteiger partial charge >= 0.3 is 0 Å². The number of nitrogens with one attached hydrogen (secondary N) is 1. The normalized spacial score (nSPS) is 26.6. The van der Waals surface area contributed by atoms with Gasteiger partial charge in [0.1, 0.15) is 5.75 Å². The minimum atomic E-state index is -0.129. The zero-order chi connectivity index (χ0) is 17.1. The maximum atomic E-state index is 10.2. The molecule has 1 aromatic carbocycles. The van der Waals surface area contributed by atoms with Crippen LogP contribution < -0.4 is 5.32 Å². The second kappa shape index (κ2) is 7.85. The third-order valence-electron chi connectivity index (χ3n) is 5.97. The van der Waals surface area contributed by atoms with E-state index in [0.717, 1.165) is 56.4 Å². The number of hydrogen-bond donors (Lipinski definition) is 3. The molecule has 0 bridgehead atoms. The quantitative estimate of drug-likeness (QED) is 0.793. The number of phenolic OH excluding ortho intramolecular Hbond substituents is 1. The van der Waals surface area contributed by atoms with Gasteiger partial charge in [0, 0.05) is 37.3 Å². The molecule has 0 amide bonds. The molecule has 2 fully saturated rings. The Hall–Kier alpha value is -1.10. The van der Waals surface area contributed by atoms with E-state index >= 15 is 0 Å². The van der Waals surface area contributed by atoms with Gasteiger partial charge in [0.25, 0.3) is 0 Å². The van der Waals surface area contributed by atoms with E-state index in [1.54, 1.807) is 0 Å². The number of hydrogen-bond acceptors (Lipinski definition) is 4. The smallest absolute Gasteiger partial charge is 0.120 e. The molecule has 1 aliphatic carbocycles. The van der Waals surface area contributed by atoms with Crippen LogP contribution in [0.1, 0.15) is 55.2 Å². The highest BCUT2D eigenvalue weighted by molar-refractivity contribution is 5.40. The molecule has 0 radical (unpaired) electrons. The number of aryl methyl sites for hydroxylation is 2. The number of phenols is 1. The second-order valence-corrected chi connectivity index (χ2v) is 7.68. The number of piperidine rings is 1. The molecule has 2 atom stereocenters. The summed E-state index contributed by atoms with van der Waals surface area (Å²) in [6.45, 7) is 6.98. The Bertz CT molecular complexity index is 553. The summed E-state index contributed by atoms with van der Waals surface area (Å²) < 4.78 is 0. The summed E-state index contributed by atoms with van der Waals surface area (Å²) in [5.74, 6) is 0.397. The number of aliphatic hydroxyl groups is 1. The van der Waals surface area contributed by atoms with Crippen LogP contribution >= 0.6 is 0 Å². The SMILES string of the molecule is Cc1cc(O)c(CNC2CCN(C3CCCCC3O)CC2)cc1C. The summed E-state index contributed by atoms with van der Waals surface area (Å²) in [6, 6.07) is 4.83. The fourth-order valence-electron chi connectivity index (χ4n) is 4.21. The maximum Gasteiger partial charge on any atom is 0.120 e. The lowest BCUT2D eigenvalue weighted by molar-refractivity contribution is 0.00713. The zero-order valence-electron chi connectivity index (χ0n) is 15.1. The van der Waals surface area contributed by atoms with Gasteiger partial charge in [-0.2, -0.15) is 0 Å². The highest BCUT2D eigenvalue weighted by atomic mass is 16.3.